The Labute approximate surface area is 200 Å². The van der Waals surface area contributed by atoms with Crippen molar-refractivity contribution >= 4 is 22.4 Å². The smallest absolute Gasteiger partial charge is 0.124 e. The van der Waals surface area contributed by atoms with Gasteiger partial charge in [0.2, 0.25) is 0 Å². The molecular formula is C27H30N4O3. The topological polar surface area (TPSA) is 69.6 Å². The number of ether oxygens (including phenoxy) is 3. The van der Waals surface area contributed by atoms with Crippen LogP contribution in [0.5, 0.6) is 11.5 Å². The monoisotopic (exact) mass is 458 g/mol. The van der Waals surface area contributed by atoms with Crippen molar-refractivity contribution in [3.63, 3.8) is 0 Å². The number of hydrogen-bond donors (Lipinski definition) is 0. The van der Waals surface area contributed by atoms with Crippen molar-refractivity contribution in [2.45, 2.75) is 19.8 Å². The molecule has 0 saturated carbocycles. The van der Waals surface area contributed by atoms with E-state index in [0.717, 1.165) is 71.2 Å². The van der Waals surface area contributed by atoms with E-state index in [1.54, 1.807) is 32.8 Å². The van der Waals surface area contributed by atoms with E-state index in [0.29, 0.717) is 6.61 Å². The van der Waals surface area contributed by atoms with E-state index in [4.69, 9.17) is 19.2 Å². The maximum absolute atomic E-state index is 5.73. The Kier molecular flexibility index (Phi) is 7.88. The van der Waals surface area contributed by atoms with E-state index in [1.807, 2.05) is 36.4 Å². The van der Waals surface area contributed by atoms with Gasteiger partial charge in [0.05, 0.1) is 37.1 Å². The number of aromatic nitrogens is 3. The van der Waals surface area contributed by atoms with Crippen molar-refractivity contribution in [3.05, 3.63) is 67.1 Å². The zero-order valence-corrected chi connectivity index (χ0v) is 19.9. The number of hydrogen-bond acceptors (Lipinski definition) is 7. The molecule has 0 saturated heterocycles. The number of pyridine rings is 1. The first-order valence-corrected chi connectivity index (χ1v) is 11.5. The fourth-order valence-corrected chi connectivity index (χ4v) is 3.75. The van der Waals surface area contributed by atoms with Crippen LogP contribution in [0.25, 0.3) is 22.3 Å². The van der Waals surface area contributed by atoms with Gasteiger partial charge in [-0.25, -0.2) is 4.98 Å². The summed E-state index contributed by atoms with van der Waals surface area (Å²) in [6, 6.07) is 15.9. The van der Waals surface area contributed by atoms with E-state index < -0.39 is 0 Å². The summed E-state index contributed by atoms with van der Waals surface area (Å²) in [6.45, 7) is 4.35. The van der Waals surface area contributed by atoms with Gasteiger partial charge in [-0.2, -0.15) is 0 Å². The molecule has 0 atom stereocenters. The summed E-state index contributed by atoms with van der Waals surface area (Å²) in [5, 5.41) is 0. The number of methoxy groups -OCH3 is 2. The number of fused-ring (bicyclic) bond motifs is 1. The number of nitrogens with zero attached hydrogens (tertiary/aromatic N) is 4. The third-order valence-electron chi connectivity index (χ3n) is 5.46. The predicted octanol–water partition coefficient (Wildman–Crippen LogP) is 5.66. The van der Waals surface area contributed by atoms with E-state index >= 15 is 0 Å². The lowest BCUT2D eigenvalue weighted by atomic mass is 10.1. The molecule has 2 aromatic carbocycles. The van der Waals surface area contributed by atoms with Crippen LogP contribution < -0.4 is 14.4 Å². The molecule has 0 aliphatic carbocycles. The maximum Gasteiger partial charge on any atom is 0.124 e. The lowest BCUT2D eigenvalue weighted by Gasteiger charge is -2.26. The van der Waals surface area contributed by atoms with Gasteiger partial charge >= 0.3 is 0 Å². The summed E-state index contributed by atoms with van der Waals surface area (Å²) in [5.74, 6) is 1.47. The Balaban J connectivity index is 1.71. The summed E-state index contributed by atoms with van der Waals surface area (Å²) >= 11 is 0. The second kappa shape index (κ2) is 11.4. The third-order valence-corrected chi connectivity index (χ3v) is 5.46. The van der Waals surface area contributed by atoms with Crippen LogP contribution in [0.4, 0.5) is 11.4 Å². The van der Waals surface area contributed by atoms with Gasteiger partial charge in [0, 0.05) is 67.3 Å². The molecule has 4 rings (SSSR count). The largest absolute Gasteiger partial charge is 0.497 e. The molecule has 2 heterocycles. The summed E-state index contributed by atoms with van der Waals surface area (Å²) in [7, 11) is 3.32. The van der Waals surface area contributed by atoms with Crippen LogP contribution >= 0.6 is 0 Å². The Hall–Kier alpha value is -3.71. The van der Waals surface area contributed by atoms with E-state index in [9.17, 15) is 0 Å². The van der Waals surface area contributed by atoms with Crippen molar-refractivity contribution < 1.29 is 14.2 Å². The number of rotatable bonds is 11. The Morgan fingerprint density at radius 3 is 2.38 bits per heavy atom. The minimum absolute atomic E-state index is 0.698. The molecule has 7 nitrogen and oxygen atoms in total. The Morgan fingerprint density at radius 1 is 0.853 bits per heavy atom. The van der Waals surface area contributed by atoms with Gasteiger partial charge in [0.1, 0.15) is 11.5 Å². The third kappa shape index (κ3) is 5.61. The normalized spacial score (nSPS) is 10.9. The zero-order valence-electron chi connectivity index (χ0n) is 19.9. The predicted molar refractivity (Wildman–Crippen MR) is 135 cm³/mol. The minimum Gasteiger partial charge on any atom is -0.497 e. The van der Waals surface area contributed by atoms with Gasteiger partial charge in [-0.3, -0.25) is 9.97 Å². The number of anilines is 2. The molecule has 7 heteroatoms. The van der Waals surface area contributed by atoms with Gasteiger partial charge in [-0.05, 0) is 43.2 Å². The second-order valence-electron chi connectivity index (χ2n) is 7.86. The van der Waals surface area contributed by atoms with Crippen molar-refractivity contribution in [1.29, 1.82) is 0 Å². The standard InChI is InChI=1S/C27H30N4O3/c1-4-12-34-13-6-11-31(22-14-23(32-2)17-24(15-22)33-3)21-8-9-25-26(16-21)30-27(19-29-25)20-7-5-10-28-18-20/h5,7-10,14-19H,4,6,11-13H2,1-3H3. The summed E-state index contributed by atoms with van der Waals surface area (Å²) < 4.78 is 16.8. The van der Waals surface area contributed by atoms with Crippen molar-refractivity contribution in [2.75, 3.05) is 38.9 Å². The fraction of sp³-hybridized carbons (Fsp3) is 0.296. The lowest BCUT2D eigenvalue weighted by Crippen LogP contribution is -2.20. The molecule has 0 bridgehead atoms. The molecule has 4 aromatic rings. The lowest BCUT2D eigenvalue weighted by molar-refractivity contribution is 0.134. The first kappa shape index (κ1) is 23.4. The van der Waals surface area contributed by atoms with Gasteiger partial charge < -0.3 is 19.1 Å². The molecule has 0 spiro atoms. The summed E-state index contributed by atoms with van der Waals surface area (Å²) in [5.41, 5.74) is 5.37. The highest BCUT2D eigenvalue weighted by molar-refractivity contribution is 5.82. The second-order valence-corrected chi connectivity index (χ2v) is 7.86. The minimum atomic E-state index is 0.698. The Bertz CT molecular complexity index is 1190. The molecule has 176 valence electrons. The van der Waals surface area contributed by atoms with Gasteiger partial charge in [-0.15, -0.1) is 0 Å². The van der Waals surface area contributed by atoms with Crippen LogP contribution in [0, 0.1) is 0 Å². The molecule has 0 aliphatic heterocycles. The Morgan fingerprint density at radius 2 is 1.68 bits per heavy atom. The molecule has 34 heavy (non-hydrogen) atoms. The average molecular weight is 459 g/mol. The highest BCUT2D eigenvalue weighted by Gasteiger charge is 2.14. The van der Waals surface area contributed by atoms with E-state index in [-0.39, 0.29) is 0 Å². The molecule has 2 aromatic heterocycles. The summed E-state index contributed by atoms with van der Waals surface area (Å²) in [6.07, 6.45) is 7.22. The van der Waals surface area contributed by atoms with Crippen molar-refractivity contribution in [3.8, 4) is 22.8 Å². The van der Waals surface area contributed by atoms with Crippen LogP contribution in [0.1, 0.15) is 19.8 Å². The van der Waals surface area contributed by atoms with Crippen LogP contribution in [-0.2, 0) is 4.74 Å². The van der Waals surface area contributed by atoms with Crippen molar-refractivity contribution in [1.82, 2.24) is 15.0 Å². The van der Waals surface area contributed by atoms with Gasteiger partial charge in [0.25, 0.3) is 0 Å². The quantitative estimate of drug-likeness (QED) is 0.268. The van der Waals surface area contributed by atoms with Crippen molar-refractivity contribution in [2.24, 2.45) is 0 Å². The van der Waals surface area contributed by atoms with Gasteiger partial charge in [-0.1, -0.05) is 6.92 Å². The molecule has 0 amide bonds. The fourth-order valence-electron chi connectivity index (χ4n) is 3.75. The van der Waals surface area contributed by atoms with E-state index in [1.165, 1.54) is 0 Å². The highest BCUT2D eigenvalue weighted by atomic mass is 16.5. The molecule has 0 radical (unpaired) electrons. The highest BCUT2D eigenvalue weighted by Crippen LogP contribution is 2.34. The van der Waals surface area contributed by atoms with E-state index in [2.05, 4.69) is 33.9 Å². The molecule has 0 fully saturated rings. The molecule has 0 aliphatic rings. The van der Waals surface area contributed by atoms with Crippen LogP contribution in [0.3, 0.4) is 0 Å². The van der Waals surface area contributed by atoms with Gasteiger partial charge in [0.15, 0.2) is 0 Å². The van der Waals surface area contributed by atoms with Crippen LogP contribution in [-0.4, -0.2) is 48.9 Å². The molecule has 0 unspecified atom stereocenters. The average Bonchev–Trinajstić information content (AvgIpc) is 2.90. The molecular weight excluding hydrogens is 428 g/mol. The SMILES string of the molecule is CCCOCCCN(c1cc(OC)cc(OC)c1)c1ccc2ncc(-c3cccnc3)nc2c1. The zero-order chi connectivity index (χ0) is 23.8. The summed E-state index contributed by atoms with van der Waals surface area (Å²) in [4.78, 5) is 15.9. The molecule has 0 N–H and O–H groups in total. The van der Waals surface area contributed by atoms with Crippen LogP contribution in [0.15, 0.2) is 67.1 Å². The maximum atomic E-state index is 5.73. The first-order chi connectivity index (χ1) is 16.7. The first-order valence-electron chi connectivity index (χ1n) is 11.5. The number of benzene rings is 2. The van der Waals surface area contributed by atoms with Crippen LogP contribution in [0.2, 0.25) is 0 Å².